The van der Waals surface area contributed by atoms with Crippen LogP contribution in [-0.4, -0.2) is 96.0 Å². The fraction of sp³-hybridized carbons (Fsp3) is 0.660. The van der Waals surface area contributed by atoms with E-state index in [-0.39, 0.29) is 19.4 Å². The summed E-state index contributed by atoms with van der Waals surface area (Å²) < 4.78 is 53.9. The molecule has 0 saturated carbocycles. The monoisotopic (exact) mass is 865 g/mol. The van der Waals surface area contributed by atoms with Gasteiger partial charge in [-0.1, -0.05) is 137 Å². The summed E-state index contributed by atoms with van der Waals surface area (Å²) in [5.41, 5.74) is 0. The van der Waals surface area contributed by atoms with Crippen molar-refractivity contribution in [1.82, 2.24) is 0 Å². The van der Waals surface area contributed by atoms with E-state index in [1.807, 2.05) is 12.2 Å². The van der Waals surface area contributed by atoms with Crippen LogP contribution in [0.1, 0.15) is 142 Å². The number of unbranched alkanes of at least 4 members (excludes halogenated alkanes) is 9. The Morgan fingerprint density at radius 2 is 1.08 bits per heavy atom. The lowest BCUT2D eigenvalue weighted by Crippen LogP contribution is -2.60. The Morgan fingerprint density at radius 3 is 1.63 bits per heavy atom. The van der Waals surface area contributed by atoms with E-state index in [0.717, 1.165) is 64.2 Å². The molecule has 0 aliphatic carbocycles. The summed E-state index contributed by atoms with van der Waals surface area (Å²) in [5.74, 6) is -2.12. The molecule has 13 heteroatoms. The Kier molecular flexibility index (Phi) is 33.3. The largest absolute Gasteiger partial charge is 0.462 e. The zero-order chi connectivity index (χ0) is 44.1. The van der Waals surface area contributed by atoms with Crippen molar-refractivity contribution in [3.8, 4) is 0 Å². The van der Waals surface area contributed by atoms with E-state index < -0.39 is 71.2 Å². The molecule has 1 saturated heterocycles. The van der Waals surface area contributed by atoms with Crippen LogP contribution < -0.4 is 0 Å². The predicted molar refractivity (Wildman–Crippen MR) is 238 cm³/mol. The molecule has 0 amide bonds. The number of hydrogen-bond acceptors (Lipinski definition) is 11. The average molecular weight is 865 g/mol. The Labute approximate surface area is 360 Å². The van der Waals surface area contributed by atoms with Crippen LogP contribution in [0.3, 0.4) is 0 Å². The summed E-state index contributed by atoms with van der Waals surface area (Å²) in [5, 5.41) is 30.8. The first-order chi connectivity index (χ1) is 29.0. The van der Waals surface area contributed by atoms with Gasteiger partial charge in [0.15, 0.2) is 12.4 Å². The fourth-order valence-corrected chi connectivity index (χ4v) is 6.74. The number of carbonyl (C=O) groups is 2. The van der Waals surface area contributed by atoms with E-state index in [9.17, 15) is 37.9 Å². The molecule has 1 aliphatic rings. The van der Waals surface area contributed by atoms with Gasteiger partial charge in [-0.05, 0) is 77.0 Å². The second-order valence-corrected chi connectivity index (χ2v) is 16.5. The molecule has 0 aromatic carbocycles. The van der Waals surface area contributed by atoms with Gasteiger partial charge >= 0.3 is 11.9 Å². The maximum atomic E-state index is 12.7. The molecule has 0 spiro atoms. The second-order valence-electron chi connectivity index (χ2n) is 15.0. The quantitative estimate of drug-likeness (QED) is 0.0206. The Hall–Kier alpha value is -3.17. The highest BCUT2D eigenvalue weighted by Gasteiger charge is 2.46. The number of carbonyl (C=O) groups excluding carboxylic acids is 2. The molecular formula is C47H76O12S. The average Bonchev–Trinajstić information content (AvgIpc) is 3.21. The molecule has 1 rings (SSSR count). The minimum atomic E-state index is -4.62. The highest BCUT2D eigenvalue weighted by atomic mass is 32.2. The van der Waals surface area contributed by atoms with Crippen LogP contribution in [0.25, 0.3) is 0 Å². The maximum Gasteiger partial charge on any atom is 0.306 e. The van der Waals surface area contributed by atoms with E-state index in [4.69, 9.17) is 18.9 Å². The van der Waals surface area contributed by atoms with Gasteiger partial charge in [-0.25, -0.2) is 0 Å². The molecule has 3 unspecified atom stereocenters. The number of esters is 2. The number of ether oxygens (including phenoxy) is 4. The van der Waals surface area contributed by atoms with Gasteiger partial charge in [0.2, 0.25) is 0 Å². The molecule has 1 fully saturated rings. The van der Waals surface area contributed by atoms with Gasteiger partial charge in [-0.3, -0.25) is 14.1 Å². The van der Waals surface area contributed by atoms with Gasteiger partial charge in [0.1, 0.15) is 36.8 Å². The Morgan fingerprint density at radius 1 is 0.583 bits per heavy atom. The summed E-state index contributed by atoms with van der Waals surface area (Å²) >= 11 is 0. The lowest BCUT2D eigenvalue weighted by atomic mass is 10.00. The standard InChI is InChI=1S/C47H76O12S/c1-3-5-7-9-11-13-15-17-18-19-20-21-22-24-25-27-29-31-33-35-42(48)56-37-40(38-57-47-46(52)45(51)44(50)41(59-47)39-60(53,54)55)58-43(49)36-34-32-30-28-26-23-16-14-12-10-8-6-4-2/h5,7,11,13,17-18,20-21,23-26,30,32,40-41,44-47,50-52H,3-4,6,8-10,12,14-16,19,22,27-29,31,33-39H2,1-2H3,(H,53,54,55)/b7-5+,13-11+,18-17+,21-20+,25-24+,26-23+,32-30+/t40?,41-,44-,45?,46?,47+/m1/s1. The van der Waals surface area contributed by atoms with Gasteiger partial charge in [-0.2, -0.15) is 8.42 Å². The normalized spacial score (nSPS) is 20.9. The first-order valence-electron chi connectivity index (χ1n) is 22.1. The van der Waals surface area contributed by atoms with Crippen molar-refractivity contribution < 1.29 is 56.8 Å². The van der Waals surface area contributed by atoms with Crippen molar-refractivity contribution in [2.45, 2.75) is 179 Å². The van der Waals surface area contributed by atoms with Crippen molar-refractivity contribution in [3.05, 3.63) is 85.1 Å². The number of aliphatic hydroxyl groups is 3. The van der Waals surface area contributed by atoms with Crippen molar-refractivity contribution in [1.29, 1.82) is 0 Å². The summed E-state index contributed by atoms with van der Waals surface area (Å²) in [6, 6.07) is 0. The summed E-state index contributed by atoms with van der Waals surface area (Å²) in [7, 11) is -4.62. The predicted octanol–water partition coefficient (Wildman–Crippen LogP) is 8.89. The smallest absolute Gasteiger partial charge is 0.306 e. The van der Waals surface area contributed by atoms with E-state index in [1.165, 1.54) is 38.5 Å². The van der Waals surface area contributed by atoms with Crippen LogP contribution in [0, 0.1) is 0 Å². The van der Waals surface area contributed by atoms with Gasteiger partial charge in [-0.15, -0.1) is 0 Å². The Balaban J connectivity index is 2.51. The second kappa shape index (κ2) is 36.5. The molecule has 0 aromatic heterocycles. The summed E-state index contributed by atoms with van der Waals surface area (Å²) in [6.07, 6.45) is 37.9. The molecule has 0 radical (unpaired) electrons. The molecule has 6 atom stereocenters. The molecule has 0 bridgehead atoms. The molecule has 1 heterocycles. The van der Waals surface area contributed by atoms with Gasteiger partial charge in [0, 0.05) is 12.8 Å². The van der Waals surface area contributed by atoms with Crippen molar-refractivity contribution in [2.24, 2.45) is 0 Å². The maximum absolute atomic E-state index is 12.7. The summed E-state index contributed by atoms with van der Waals surface area (Å²) in [4.78, 5) is 25.3. The van der Waals surface area contributed by atoms with Crippen LogP contribution in [0.4, 0.5) is 0 Å². The number of allylic oxidation sites excluding steroid dienone is 14. The van der Waals surface area contributed by atoms with E-state index in [0.29, 0.717) is 12.8 Å². The van der Waals surface area contributed by atoms with Crippen LogP contribution in [0.15, 0.2) is 85.1 Å². The van der Waals surface area contributed by atoms with Crippen LogP contribution in [0.2, 0.25) is 0 Å². The third kappa shape index (κ3) is 30.8. The minimum Gasteiger partial charge on any atom is -0.462 e. The first kappa shape index (κ1) is 54.8. The Bertz CT molecular complexity index is 1430. The van der Waals surface area contributed by atoms with Crippen LogP contribution in [-0.2, 0) is 38.7 Å². The van der Waals surface area contributed by atoms with E-state index in [2.05, 4.69) is 86.8 Å². The first-order valence-corrected chi connectivity index (χ1v) is 23.8. The lowest BCUT2D eigenvalue weighted by molar-refractivity contribution is -0.297. The van der Waals surface area contributed by atoms with Gasteiger partial charge < -0.3 is 34.3 Å². The van der Waals surface area contributed by atoms with Crippen molar-refractivity contribution >= 4 is 22.1 Å². The molecule has 4 N–H and O–H groups in total. The molecular weight excluding hydrogens is 789 g/mol. The van der Waals surface area contributed by atoms with Crippen LogP contribution >= 0.6 is 0 Å². The zero-order valence-corrected chi connectivity index (χ0v) is 37.1. The van der Waals surface area contributed by atoms with Crippen LogP contribution in [0.5, 0.6) is 0 Å². The third-order valence-electron chi connectivity index (χ3n) is 9.47. The number of hydrogen-bond donors (Lipinski definition) is 4. The van der Waals surface area contributed by atoms with Gasteiger partial charge in [0.25, 0.3) is 10.1 Å². The molecule has 60 heavy (non-hydrogen) atoms. The molecule has 12 nitrogen and oxygen atoms in total. The zero-order valence-electron chi connectivity index (χ0n) is 36.3. The summed E-state index contributed by atoms with van der Waals surface area (Å²) in [6.45, 7) is 3.54. The van der Waals surface area contributed by atoms with E-state index >= 15 is 0 Å². The van der Waals surface area contributed by atoms with Gasteiger partial charge in [0.05, 0.1) is 6.61 Å². The fourth-order valence-electron chi connectivity index (χ4n) is 6.05. The number of rotatable bonds is 35. The number of aliphatic hydroxyl groups excluding tert-OH is 3. The minimum absolute atomic E-state index is 0.0458. The van der Waals surface area contributed by atoms with Crippen molar-refractivity contribution in [3.63, 3.8) is 0 Å². The SMILES string of the molecule is CC/C=C/C/C=C/C/C=C/C/C=C/C/C=C/CCCCCC(=O)OCC(CO[C@H]1O[C@H](CS(=O)(=O)O)[C@@H](O)C(O)C1O)OC(=O)CC/C=C/C/C=C/CCCCCCCC. The van der Waals surface area contributed by atoms with Crippen molar-refractivity contribution in [2.75, 3.05) is 19.0 Å². The lowest BCUT2D eigenvalue weighted by Gasteiger charge is -2.40. The highest BCUT2D eigenvalue weighted by molar-refractivity contribution is 7.85. The molecule has 1 aliphatic heterocycles. The molecule has 0 aromatic rings. The highest BCUT2D eigenvalue weighted by Crippen LogP contribution is 2.24. The molecule has 342 valence electrons. The van der Waals surface area contributed by atoms with E-state index in [1.54, 1.807) is 0 Å². The third-order valence-corrected chi connectivity index (χ3v) is 10.2. The topological polar surface area (TPSA) is 186 Å².